The molecule has 1 aliphatic carbocycles. The number of carbonyl (C=O) groups is 8. The topological polar surface area (TPSA) is 249 Å². The first-order valence-corrected chi connectivity index (χ1v) is 34.8. The van der Waals surface area contributed by atoms with Gasteiger partial charge in [0.2, 0.25) is 29.5 Å². The largest absolute Gasteiger partial charge is 0.463 e. The molecule has 5 amide bonds. The average Bonchev–Trinajstić information content (AvgIpc) is 3.06. The molecule has 21 nitrogen and oxygen atoms in total. The smallest absolute Gasteiger partial charge is 0.316 e. The van der Waals surface area contributed by atoms with Gasteiger partial charge in [0.05, 0.1) is 75.4 Å². The number of amides is 5. The predicted octanol–water partition coefficient (Wildman–Crippen LogP) is 6.45. The maximum atomic E-state index is 13.9. The molecule has 1 fully saturated rings. The van der Waals surface area contributed by atoms with E-state index in [4.69, 9.17) is 63.1 Å². The van der Waals surface area contributed by atoms with Gasteiger partial charge in [0.1, 0.15) is 37.1 Å². The van der Waals surface area contributed by atoms with Crippen LogP contribution in [0.3, 0.4) is 0 Å². The van der Waals surface area contributed by atoms with Crippen LogP contribution in [0.25, 0.3) is 0 Å². The van der Waals surface area contributed by atoms with Crippen LogP contribution >= 0.6 is 95.9 Å². The minimum absolute atomic E-state index is 0.000832. The lowest BCUT2D eigenvalue weighted by atomic mass is 9.95. The lowest BCUT2D eigenvalue weighted by Gasteiger charge is -2.28. The summed E-state index contributed by atoms with van der Waals surface area (Å²) >= 11 is 26.6. The van der Waals surface area contributed by atoms with Gasteiger partial charge in [0.25, 0.3) is 0 Å². The molecule has 0 aromatic heterocycles. The molecule has 2 aromatic carbocycles. The molecule has 0 saturated heterocycles. The number of unbranched alkanes of at least 4 members (excludes halogenated alkanes) is 3. The quantitative estimate of drug-likeness (QED) is 0.0209. The number of nitrogens with one attached hydrogen (secondary N) is 4. The van der Waals surface area contributed by atoms with Gasteiger partial charge in [0, 0.05) is 43.6 Å². The Kier molecular flexibility index (Phi) is 40.6. The number of anilines is 2. The molecule has 0 aliphatic heterocycles. The molecular formula is C58H85N9O12S8. The van der Waals surface area contributed by atoms with Crippen LogP contribution in [-0.4, -0.2) is 217 Å². The van der Waals surface area contributed by atoms with Crippen LogP contribution in [0.15, 0.2) is 60.7 Å². The van der Waals surface area contributed by atoms with Gasteiger partial charge in [-0.3, -0.25) is 43.3 Å². The Hall–Kier alpha value is -4.88. The third-order valence-electron chi connectivity index (χ3n) is 12.7. The van der Waals surface area contributed by atoms with E-state index >= 15 is 0 Å². The summed E-state index contributed by atoms with van der Waals surface area (Å²) in [5, 5.41) is 21.1. The van der Waals surface area contributed by atoms with E-state index in [-0.39, 0.29) is 155 Å². The number of esters is 3. The molecule has 0 heterocycles. The van der Waals surface area contributed by atoms with E-state index in [9.17, 15) is 43.5 Å². The highest BCUT2D eigenvalue weighted by molar-refractivity contribution is 8.24. The van der Waals surface area contributed by atoms with Gasteiger partial charge in [-0.05, 0) is 56.4 Å². The second-order valence-corrected chi connectivity index (χ2v) is 26.1. The number of hydrogen-bond donors (Lipinski definition) is 5. The number of benzene rings is 2. The third-order valence-corrected chi connectivity index (χ3v) is 18.7. The number of aliphatic hydroxyl groups is 1. The van der Waals surface area contributed by atoms with Crippen molar-refractivity contribution in [1.29, 1.82) is 0 Å². The second kappa shape index (κ2) is 46.2. The van der Waals surface area contributed by atoms with Gasteiger partial charge in [-0.25, -0.2) is 0 Å². The number of thioether (sulfide) groups is 4. The minimum Gasteiger partial charge on any atom is -0.463 e. The van der Waals surface area contributed by atoms with Gasteiger partial charge >= 0.3 is 17.9 Å². The van der Waals surface area contributed by atoms with E-state index in [0.717, 1.165) is 118 Å². The van der Waals surface area contributed by atoms with Crippen molar-refractivity contribution >= 4 is 172 Å². The second-order valence-electron chi connectivity index (χ2n) is 19.7. The number of rotatable bonds is 39. The first kappa shape index (κ1) is 76.4. The molecule has 0 atom stereocenters. The van der Waals surface area contributed by atoms with E-state index in [0.29, 0.717) is 31.0 Å². The molecule has 482 valence electrons. The summed E-state index contributed by atoms with van der Waals surface area (Å²) in [6, 6.07) is 18.6. The Morgan fingerprint density at radius 2 is 0.816 bits per heavy atom. The fraction of sp³-hybridized carbons (Fsp3) is 0.586. The summed E-state index contributed by atoms with van der Waals surface area (Å²) in [6.45, 7) is 6.34. The molecule has 1 aliphatic rings. The number of thiocarbonyl (C=S) groups is 4. The molecule has 5 N–H and O–H groups in total. The van der Waals surface area contributed by atoms with Crippen LogP contribution in [0.1, 0.15) is 91.4 Å². The standard InChI is InChI=1S/C58H85N9O12S8/c1-4-7-25-59-47(69)36-63(28-32-68)55(80)85-41-52(74)77-33-29-64(37-48(70)60-26-8-5-2)57(82)86-42-53(75)78-34-30-65(38-49(71)61-27-9-6-3)58(83)87-43-54(76)79-35-31-66(39-50(72)62-44-19-13-10-14-20-44)56(81)84-40-51(73)67(45-21-15-11-16-22-45)46-23-17-12-18-24-46/h11-12,15-18,21-24,44,68H,4-10,13-14,19-20,25-43H2,1-3H3,(H,59,69)(H,60,70)(H,61,71)(H,62,72). The fourth-order valence-corrected chi connectivity index (χ4v) is 12.1. The Balaban J connectivity index is 1.57. The summed E-state index contributed by atoms with van der Waals surface area (Å²) in [4.78, 5) is 113. The molecule has 29 heteroatoms. The van der Waals surface area contributed by atoms with Gasteiger partial charge in [-0.1, -0.05) is 192 Å². The van der Waals surface area contributed by atoms with E-state index in [2.05, 4.69) is 21.3 Å². The monoisotopic (exact) mass is 1360 g/mol. The summed E-state index contributed by atoms with van der Waals surface area (Å²) < 4.78 is 17.5. The highest BCUT2D eigenvalue weighted by atomic mass is 32.2. The van der Waals surface area contributed by atoms with Gasteiger partial charge in [-0.2, -0.15) is 0 Å². The van der Waals surface area contributed by atoms with Crippen molar-refractivity contribution in [1.82, 2.24) is 40.9 Å². The van der Waals surface area contributed by atoms with E-state index < -0.39 is 17.9 Å². The predicted molar refractivity (Wildman–Crippen MR) is 365 cm³/mol. The Morgan fingerprint density at radius 1 is 0.483 bits per heavy atom. The zero-order valence-corrected chi connectivity index (χ0v) is 56.5. The summed E-state index contributed by atoms with van der Waals surface area (Å²) in [5.41, 5.74) is 1.37. The molecule has 0 spiro atoms. The molecule has 2 aromatic rings. The molecular weight excluding hydrogens is 1270 g/mol. The van der Waals surface area contributed by atoms with Crippen molar-refractivity contribution in [2.45, 2.75) is 97.4 Å². The van der Waals surface area contributed by atoms with Crippen LogP contribution < -0.4 is 26.2 Å². The van der Waals surface area contributed by atoms with Crippen molar-refractivity contribution in [3.05, 3.63) is 60.7 Å². The lowest BCUT2D eigenvalue weighted by Crippen LogP contribution is -2.45. The molecule has 3 rings (SSSR count). The SMILES string of the molecule is CCCCNC(=O)CN(CCO)C(=S)SCC(=O)OCCN(CC(=O)NCCCC)C(=S)SCC(=O)OCCN(CC(=O)NCCCC)C(=S)SCC(=O)OCCN(CC(=O)NC1CCCCC1)C(=S)SCC(=O)N(c1ccccc1)c1ccccc1. The first-order chi connectivity index (χ1) is 42.0. The molecule has 0 unspecified atom stereocenters. The number of ether oxygens (including phenoxy) is 3. The summed E-state index contributed by atoms with van der Waals surface area (Å²) in [6.07, 6.45) is 9.93. The maximum absolute atomic E-state index is 13.9. The van der Waals surface area contributed by atoms with Crippen LogP contribution in [0.5, 0.6) is 0 Å². The van der Waals surface area contributed by atoms with Gasteiger partial charge in [0.15, 0.2) is 0 Å². The number of aliphatic hydroxyl groups excluding tert-OH is 1. The van der Waals surface area contributed by atoms with Crippen molar-refractivity contribution in [3.8, 4) is 0 Å². The number of nitrogens with zero attached hydrogens (tertiary/aromatic N) is 5. The van der Waals surface area contributed by atoms with Crippen LogP contribution in [-0.2, 0) is 52.6 Å². The number of hydrogen-bond acceptors (Lipinski definition) is 20. The zero-order valence-electron chi connectivity index (χ0n) is 50.0. The third kappa shape index (κ3) is 33.5. The van der Waals surface area contributed by atoms with E-state index in [1.165, 1.54) is 14.7 Å². The van der Waals surface area contributed by atoms with E-state index in [1.54, 1.807) is 9.80 Å². The molecule has 87 heavy (non-hydrogen) atoms. The van der Waals surface area contributed by atoms with Crippen LogP contribution in [0.4, 0.5) is 11.4 Å². The Morgan fingerprint density at radius 3 is 1.16 bits per heavy atom. The highest BCUT2D eigenvalue weighted by Crippen LogP contribution is 2.27. The van der Waals surface area contributed by atoms with Crippen LogP contribution in [0, 0.1) is 0 Å². The van der Waals surface area contributed by atoms with Crippen molar-refractivity contribution in [2.24, 2.45) is 0 Å². The van der Waals surface area contributed by atoms with Crippen molar-refractivity contribution in [3.63, 3.8) is 0 Å². The van der Waals surface area contributed by atoms with E-state index in [1.807, 2.05) is 81.4 Å². The minimum atomic E-state index is -0.649. The summed E-state index contributed by atoms with van der Waals surface area (Å²) in [7, 11) is 0. The molecule has 0 bridgehead atoms. The number of para-hydroxylation sites is 2. The molecule has 0 radical (unpaired) electrons. The van der Waals surface area contributed by atoms with Gasteiger partial charge < -0.3 is 60.2 Å². The van der Waals surface area contributed by atoms with Crippen molar-refractivity contribution in [2.75, 3.05) is 126 Å². The lowest BCUT2D eigenvalue weighted by molar-refractivity contribution is -0.141. The molecule has 1 saturated carbocycles. The van der Waals surface area contributed by atoms with Crippen LogP contribution in [0.2, 0.25) is 0 Å². The number of carbonyl (C=O) groups excluding carboxylic acids is 8. The average molecular weight is 1360 g/mol. The Bertz CT molecular complexity index is 2470. The normalized spacial score (nSPS) is 11.9. The van der Waals surface area contributed by atoms with Gasteiger partial charge in [-0.15, -0.1) is 0 Å². The maximum Gasteiger partial charge on any atom is 0.316 e. The fourth-order valence-electron chi connectivity index (χ4n) is 8.10. The zero-order chi connectivity index (χ0) is 63.6. The Labute approximate surface area is 551 Å². The highest BCUT2D eigenvalue weighted by Gasteiger charge is 2.25. The van der Waals surface area contributed by atoms with Crippen molar-refractivity contribution < 1.29 is 57.7 Å². The summed E-state index contributed by atoms with van der Waals surface area (Å²) in [5.74, 6) is -3.91. The first-order valence-electron chi connectivity index (χ1n) is 29.2.